The van der Waals surface area contributed by atoms with Gasteiger partial charge in [-0.1, -0.05) is 26.0 Å². The highest BCUT2D eigenvalue weighted by molar-refractivity contribution is 5.97. The molecule has 1 heterocycles. The molecule has 0 aliphatic carbocycles. The Morgan fingerprint density at radius 1 is 1.10 bits per heavy atom. The first-order chi connectivity index (χ1) is 13.9. The minimum absolute atomic E-state index is 0.0497. The standard InChI is InChI=1S/C24H31N3O2/c1-5-26(6-2)24(29)19-9-12-22-21(16-19)25-23(27(22)14-13-17(3)4)15-18-7-10-20(28)11-8-18/h7-12,16-17,28H,5-6,13-15H2,1-4H3. The van der Waals surface area contributed by atoms with Gasteiger partial charge in [-0.05, 0) is 62.1 Å². The van der Waals surface area contributed by atoms with Crippen LogP contribution >= 0.6 is 0 Å². The molecule has 2 aromatic carbocycles. The van der Waals surface area contributed by atoms with Gasteiger partial charge >= 0.3 is 0 Å². The molecular weight excluding hydrogens is 362 g/mol. The average molecular weight is 394 g/mol. The summed E-state index contributed by atoms with van der Waals surface area (Å²) < 4.78 is 2.27. The Balaban J connectivity index is 2.00. The summed E-state index contributed by atoms with van der Waals surface area (Å²) in [7, 11) is 0. The molecule has 29 heavy (non-hydrogen) atoms. The van der Waals surface area contributed by atoms with Crippen molar-refractivity contribution in [2.75, 3.05) is 13.1 Å². The van der Waals surface area contributed by atoms with Crippen LogP contribution in [0.4, 0.5) is 0 Å². The summed E-state index contributed by atoms with van der Waals surface area (Å²) >= 11 is 0. The molecule has 1 N–H and O–H groups in total. The van der Waals surface area contributed by atoms with Crippen LogP contribution in [0.3, 0.4) is 0 Å². The maximum absolute atomic E-state index is 12.7. The molecule has 0 bridgehead atoms. The van der Waals surface area contributed by atoms with Crippen LogP contribution in [0.15, 0.2) is 42.5 Å². The first kappa shape index (κ1) is 20.9. The van der Waals surface area contributed by atoms with Gasteiger partial charge in [-0.15, -0.1) is 0 Å². The number of phenols is 1. The maximum atomic E-state index is 12.7. The van der Waals surface area contributed by atoms with Crippen LogP contribution < -0.4 is 0 Å². The lowest BCUT2D eigenvalue weighted by atomic mass is 10.1. The van der Waals surface area contributed by atoms with Gasteiger partial charge in [-0.25, -0.2) is 4.98 Å². The highest BCUT2D eigenvalue weighted by Gasteiger charge is 2.17. The zero-order valence-electron chi connectivity index (χ0n) is 17.9. The second kappa shape index (κ2) is 9.12. The van der Waals surface area contributed by atoms with E-state index in [-0.39, 0.29) is 11.7 Å². The normalized spacial score (nSPS) is 11.3. The molecule has 0 radical (unpaired) electrons. The molecule has 5 nitrogen and oxygen atoms in total. The van der Waals surface area contributed by atoms with E-state index in [0.717, 1.165) is 35.4 Å². The number of hydrogen-bond acceptors (Lipinski definition) is 3. The fourth-order valence-electron chi connectivity index (χ4n) is 3.57. The van der Waals surface area contributed by atoms with Crippen LogP contribution in [0.25, 0.3) is 11.0 Å². The second-order valence-electron chi connectivity index (χ2n) is 7.89. The summed E-state index contributed by atoms with van der Waals surface area (Å²) in [6.07, 6.45) is 1.75. The third-order valence-electron chi connectivity index (χ3n) is 5.35. The SMILES string of the molecule is CCN(CC)C(=O)c1ccc2c(c1)nc(Cc1ccc(O)cc1)n2CCC(C)C. The monoisotopic (exact) mass is 393 g/mol. The van der Waals surface area contributed by atoms with E-state index in [1.807, 2.05) is 49.1 Å². The molecule has 0 fully saturated rings. The van der Waals surface area contributed by atoms with Gasteiger partial charge in [-0.2, -0.15) is 0 Å². The molecule has 1 aromatic heterocycles. The van der Waals surface area contributed by atoms with Crippen LogP contribution in [-0.2, 0) is 13.0 Å². The number of hydrogen-bond donors (Lipinski definition) is 1. The number of benzene rings is 2. The molecule has 3 rings (SSSR count). The van der Waals surface area contributed by atoms with Crippen molar-refractivity contribution in [2.24, 2.45) is 5.92 Å². The zero-order valence-corrected chi connectivity index (χ0v) is 17.9. The van der Waals surface area contributed by atoms with Crippen molar-refractivity contribution >= 4 is 16.9 Å². The van der Waals surface area contributed by atoms with Crippen LogP contribution in [0, 0.1) is 5.92 Å². The highest BCUT2D eigenvalue weighted by Crippen LogP contribution is 2.23. The molecule has 1 amide bonds. The summed E-state index contributed by atoms with van der Waals surface area (Å²) in [6, 6.07) is 13.1. The number of nitrogens with zero attached hydrogens (tertiary/aromatic N) is 3. The van der Waals surface area contributed by atoms with Crippen LogP contribution in [0.2, 0.25) is 0 Å². The number of aromatic nitrogens is 2. The largest absolute Gasteiger partial charge is 0.508 e. The second-order valence-corrected chi connectivity index (χ2v) is 7.89. The van der Waals surface area contributed by atoms with Gasteiger partial charge in [0.15, 0.2) is 0 Å². The zero-order chi connectivity index (χ0) is 21.0. The summed E-state index contributed by atoms with van der Waals surface area (Å²) in [6.45, 7) is 10.7. The third-order valence-corrected chi connectivity index (χ3v) is 5.35. The smallest absolute Gasteiger partial charge is 0.253 e. The van der Waals surface area contributed by atoms with E-state index in [0.29, 0.717) is 31.0 Å². The van der Waals surface area contributed by atoms with E-state index in [4.69, 9.17) is 4.98 Å². The minimum atomic E-state index is 0.0497. The predicted octanol–water partition coefficient (Wildman–Crippen LogP) is 4.86. The van der Waals surface area contributed by atoms with Crippen molar-refractivity contribution < 1.29 is 9.90 Å². The van der Waals surface area contributed by atoms with Crippen molar-refractivity contribution in [1.82, 2.24) is 14.5 Å². The van der Waals surface area contributed by atoms with E-state index in [9.17, 15) is 9.90 Å². The van der Waals surface area contributed by atoms with E-state index in [1.54, 1.807) is 12.1 Å². The van der Waals surface area contributed by atoms with Crippen molar-refractivity contribution in [1.29, 1.82) is 0 Å². The number of imidazole rings is 1. The number of amides is 1. The number of rotatable bonds is 8. The van der Waals surface area contributed by atoms with Crippen LogP contribution in [0.1, 0.15) is 55.9 Å². The molecular formula is C24H31N3O2. The Morgan fingerprint density at radius 3 is 2.41 bits per heavy atom. The number of phenolic OH excluding ortho intramolecular Hbond substituents is 1. The first-order valence-corrected chi connectivity index (χ1v) is 10.5. The molecule has 0 atom stereocenters. The molecule has 5 heteroatoms. The van der Waals surface area contributed by atoms with E-state index < -0.39 is 0 Å². The summed E-state index contributed by atoms with van der Waals surface area (Å²) in [4.78, 5) is 19.5. The lowest BCUT2D eigenvalue weighted by molar-refractivity contribution is 0.0773. The number of carbonyl (C=O) groups is 1. The molecule has 0 saturated heterocycles. The number of aryl methyl sites for hydroxylation is 1. The molecule has 0 unspecified atom stereocenters. The topological polar surface area (TPSA) is 58.4 Å². The number of carbonyl (C=O) groups excluding carboxylic acids is 1. The van der Waals surface area contributed by atoms with Crippen LogP contribution in [-0.4, -0.2) is 38.6 Å². The lowest BCUT2D eigenvalue weighted by Gasteiger charge is -2.18. The molecule has 154 valence electrons. The first-order valence-electron chi connectivity index (χ1n) is 10.5. The van der Waals surface area contributed by atoms with Crippen molar-refractivity contribution in [3.8, 4) is 5.75 Å². The maximum Gasteiger partial charge on any atom is 0.253 e. The molecule has 0 spiro atoms. The van der Waals surface area contributed by atoms with Gasteiger partial charge in [0.1, 0.15) is 11.6 Å². The molecule has 3 aromatic rings. The Hall–Kier alpha value is -2.82. The fraction of sp³-hybridized carbons (Fsp3) is 0.417. The van der Waals surface area contributed by atoms with Crippen molar-refractivity contribution in [3.63, 3.8) is 0 Å². The Kier molecular flexibility index (Phi) is 6.57. The summed E-state index contributed by atoms with van der Waals surface area (Å²) in [5, 5.41) is 9.55. The lowest BCUT2D eigenvalue weighted by Crippen LogP contribution is -2.30. The highest BCUT2D eigenvalue weighted by atomic mass is 16.3. The van der Waals surface area contributed by atoms with Crippen LogP contribution in [0.5, 0.6) is 5.75 Å². The van der Waals surface area contributed by atoms with Gasteiger partial charge in [0.05, 0.1) is 11.0 Å². The van der Waals surface area contributed by atoms with Crippen molar-refractivity contribution in [2.45, 2.75) is 47.1 Å². The van der Waals surface area contributed by atoms with Gasteiger partial charge in [0.25, 0.3) is 5.91 Å². The Bertz CT molecular complexity index is 970. The average Bonchev–Trinajstić information content (AvgIpc) is 3.05. The third kappa shape index (κ3) is 4.78. The van der Waals surface area contributed by atoms with Gasteiger partial charge in [0.2, 0.25) is 0 Å². The Labute approximate surface area is 173 Å². The molecule has 0 aliphatic rings. The Morgan fingerprint density at radius 2 is 1.79 bits per heavy atom. The van der Waals surface area contributed by atoms with Gasteiger partial charge < -0.3 is 14.6 Å². The minimum Gasteiger partial charge on any atom is -0.508 e. The van der Waals surface area contributed by atoms with E-state index in [1.165, 1.54) is 0 Å². The summed E-state index contributed by atoms with van der Waals surface area (Å²) in [5.74, 6) is 1.90. The summed E-state index contributed by atoms with van der Waals surface area (Å²) in [5.41, 5.74) is 3.71. The van der Waals surface area contributed by atoms with E-state index >= 15 is 0 Å². The number of fused-ring (bicyclic) bond motifs is 1. The van der Waals surface area contributed by atoms with E-state index in [2.05, 4.69) is 18.4 Å². The van der Waals surface area contributed by atoms with Gasteiger partial charge in [-0.3, -0.25) is 4.79 Å². The predicted molar refractivity (Wildman–Crippen MR) is 117 cm³/mol. The molecule has 0 saturated carbocycles. The fourth-order valence-corrected chi connectivity index (χ4v) is 3.57. The quantitative estimate of drug-likeness (QED) is 0.594. The molecule has 0 aliphatic heterocycles. The van der Waals surface area contributed by atoms with Crippen molar-refractivity contribution in [3.05, 3.63) is 59.4 Å². The number of aromatic hydroxyl groups is 1. The van der Waals surface area contributed by atoms with Gasteiger partial charge in [0, 0.05) is 31.6 Å².